The van der Waals surface area contributed by atoms with Crippen LogP contribution in [0.25, 0.3) is 0 Å². The zero-order valence-corrected chi connectivity index (χ0v) is 7.62. The summed E-state index contributed by atoms with van der Waals surface area (Å²) in [6.45, 7) is 3.07. The maximum Gasteiger partial charge on any atom is 0.0591 e. The fourth-order valence-corrected chi connectivity index (χ4v) is 2.28. The van der Waals surface area contributed by atoms with Crippen LogP contribution in [-0.2, 0) is 4.74 Å². The Labute approximate surface area is 73.6 Å². The van der Waals surface area contributed by atoms with Gasteiger partial charge in [-0.1, -0.05) is 0 Å². The molecule has 1 aliphatic heterocycles. The number of ether oxygens (including phenoxy) is 1. The summed E-state index contributed by atoms with van der Waals surface area (Å²) in [6, 6.07) is 0.502. The van der Waals surface area contributed by atoms with Gasteiger partial charge >= 0.3 is 0 Å². The fraction of sp³-hybridized carbons (Fsp3) is 1.00. The Balaban J connectivity index is 1.94. The molecule has 3 unspecified atom stereocenters. The number of nitrogens with one attached hydrogen (secondary N) is 1. The molecule has 3 nitrogen and oxygen atoms in total. The van der Waals surface area contributed by atoms with E-state index in [-0.39, 0.29) is 0 Å². The van der Waals surface area contributed by atoms with Crippen LogP contribution in [0.15, 0.2) is 0 Å². The van der Waals surface area contributed by atoms with Gasteiger partial charge in [0.1, 0.15) is 0 Å². The SMILES string of the molecule is CC1OCCC1C(NN)C1CC1. The van der Waals surface area contributed by atoms with E-state index in [0.29, 0.717) is 18.1 Å². The van der Waals surface area contributed by atoms with Crippen molar-refractivity contribution in [3.05, 3.63) is 0 Å². The maximum absolute atomic E-state index is 5.55. The van der Waals surface area contributed by atoms with E-state index < -0.39 is 0 Å². The van der Waals surface area contributed by atoms with Crippen molar-refractivity contribution in [1.82, 2.24) is 5.43 Å². The van der Waals surface area contributed by atoms with Crippen molar-refractivity contribution < 1.29 is 4.74 Å². The van der Waals surface area contributed by atoms with Crippen LogP contribution in [-0.4, -0.2) is 18.8 Å². The zero-order valence-electron chi connectivity index (χ0n) is 7.62. The van der Waals surface area contributed by atoms with Gasteiger partial charge in [-0.15, -0.1) is 0 Å². The van der Waals surface area contributed by atoms with Crippen molar-refractivity contribution in [2.75, 3.05) is 6.61 Å². The third-order valence-corrected chi connectivity index (χ3v) is 3.22. The molecule has 1 aliphatic carbocycles. The van der Waals surface area contributed by atoms with Crippen molar-refractivity contribution >= 4 is 0 Å². The van der Waals surface area contributed by atoms with Crippen molar-refractivity contribution in [1.29, 1.82) is 0 Å². The Morgan fingerprint density at radius 3 is 2.58 bits per heavy atom. The molecule has 0 amide bonds. The Morgan fingerprint density at radius 1 is 1.42 bits per heavy atom. The van der Waals surface area contributed by atoms with Crippen LogP contribution in [0.4, 0.5) is 0 Å². The molecule has 0 aromatic rings. The highest BCUT2D eigenvalue weighted by Crippen LogP contribution is 2.39. The smallest absolute Gasteiger partial charge is 0.0591 e. The molecule has 0 aromatic heterocycles. The molecule has 1 saturated heterocycles. The normalized spacial score (nSPS) is 38.5. The van der Waals surface area contributed by atoms with Crippen LogP contribution in [0, 0.1) is 11.8 Å². The summed E-state index contributed by atoms with van der Waals surface area (Å²) in [7, 11) is 0. The van der Waals surface area contributed by atoms with Gasteiger partial charge in [0.25, 0.3) is 0 Å². The summed E-state index contributed by atoms with van der Waals surface area (Å²) in [5.41, 5.74) is 2.96. The minimum atomic E-state index is 0.395. The highest BCUT2D eigenvalue weighted by Gasteiger charge is 2.40. The second kappa shape index (κ2) is 3.32. The van der Waals surface area contributed by atoms with Crippen molar-refractivity contribution in [3.8, 4) is 0 Å². The van der Waals surface area contributed by atoms with Gasteiger partial charge in [-0.3, -0.25) is 11.3 Å². The van der Waals surface area contributed by atoms with Gasteiger partial charge in [-0.2, -0.15) is 0 Å². The first-order valence-corrected chi connectivity index (χ1v) is 4.90. The van der Waals surface area contributed by atoms with E-state index in [1.807, 2.05) is 0 Å². The molecule has 3 atom stereocenters. The molecule has 0 bridgehead atoms. The first-order valence-electron chi connectivity index (χ1n) is 4.90. The molecule has 12 heavy (non-hydrogen) atoms. The van der Waals surface area contributed by atoms with E-state index >= 15 is 0 Å². The molecule has 0 spiro atoms. The molecule has 70 valence electrons. The van der Waals surface area contributed by atoms with Gasteiger partial charge in [-0.05, 0) is 32.1 Å². The Morgan fingerprint density at radius 2 is 2.17 bits per heavy atom. The Hall–Kier alpha value is -0.120. The van der Waals surface area contributed by atoms with Crippen LogP contribution < -0.4 is 11.3 Å². The number of rotatable bonds is 3. The standard InChI is InChI=1S/C9H18N2O/c1-6-8(4-5-12-6)9(11-10)7-2-3-7/h6-9,11H,2-5,10H2,1H3. The lowest BCUT2D eigenvalue weighted by Crippen LogP contribution is -2.44. The average Bonchev–Trinajstić information content (AvgIpc) is 2.80. The van der Waals surface area contributed by atoms with Gasteiger partial charge in [0.15, 0.2) is 0 Å². The van der Waals surface area contributed by atoms with E-state index in [0.717, 1.165) is 12.5 Å². The molecular weight excluding hydrogens is 152 g/mol. The molecule has 2 fully saturated rings. The maximum atomic E-state index is 5.55. The summed E-state index contributed by atoms with van der Waals surface area (Å²) < 4.78 is 5.53. The first-order chi connectivity index (χ1) is 5.83. The summed E-state index contributed by atoms with van der Waals surface area (Å²) in [6.07, 6.45) is 4.26. The second-order valence-electron chi connectivity index (χ2n) is 4.06. The lowest BCUT2D eigenvalue weighted by molar-refractivity contribution is 0.0926. The Kier molecular flexibility index (Phi) is 2.35. The van der Waals surface area contributed by atoms with Crippen LogP contribution in [0.5, 0.6) is 0 Å². The highest BCUT2D eigenvalue weighted by atomic mass is 16.5. The van der Waals surface area contributed by atoms with Crippen LogP contribution >= 0.6 is 0 Å². The highest BCUT2D eigenvalue weighted by molar-refractivity contribution is 4.93. The van der Waals surface area contributed by atoms with E-state index in [4.69, 9.17) is 10.6 Å². The van der Waals surface area contributed by atoms with Gasteiger partial charge in [0, 0.05) is 18.6 Å². The fourth-order valence-electron chi connectivity index (χ4n) is 2.28. The van der Waals surface area contributed by atoms with E-state index in [1.54, 1.807) is 0 Å². The predicted molar refractivity (Wildman–Crippen MR) is 47.4 cm³/mol. The van der Waals surface area contributed by atoms with Gasteiger partial charge in [0.2, 0.25) is 0 Å². The third-order valence-electron chi connectivity index (χ3n) is 3.22. The minimum absolute atomic E-state index is 0.395. The average molecular weight is 170 g/mol. The molecule has 2 rings (SSSR count). The molecule has 1 saturated carbocycles. The molecule has 3 N–H and O–H groups in total. The predicted octanol–water partition coefficient (Wildman–Crippen LogP) is 0.653. The number of hydrogen-bond donors (Lipinski definition) is 2. The molecule has 2 aliphatic rings. The van der Waals surface area contributed by atoms with E-state index in [2.05, 4.69) is 12.3 Å². The van der Waals surface area contributed by atoms with Crippen molar-refractivity contribution in [2.24, 2.45) is 17.7 Å². The lowest BCUT2D eigenvalue weighted by Gasteiger charge is -2.24. The number of hydrazine groups is 1. The van der Waals surface area contributed by atoms with Crippen LogP contribution in [0.2, 0.25) is 0 Å². The molecule has 0 aromatic carbocycles. The van der Waals surface area contributed by atoms with Crippen LogP contribution in [0.1, 0.15) is 26.2 Å². The first kappa shape index (κ1) is 8.48. The summed E-state index contributed by atoms with van der Waals surface area (Å²) in [5.74, 6) is 7.01. The molecule has 0 radical (unpaired) electrons. The topological polar surface area (TPSA) is 47.3 Å². The van der Waals surface area contributed by atoms with Crippen molar-refractivity contribution in [3.63, 3.8) is 0 Å². The van der Waals surface area contributed by atoms with Gasteiger partial charge in [0.05, 0.1) is 6.10 Å². The molecule has 3 heteroatoms. The van der Waals surface area contributed by atoms with Crippen LogP contribution in [0.3, 0.4) is 0 Å². The lowest BCUT2D eigenvalue weighted by atomic mass is 9.91. The van der Waals surface area contributed by atoms with E-state index in [9.17, 15) is 0 Å². The number of hydrogen-bond acceptors (Lipinski definition) is 3. The molecule has 1 heterocycles. The summed E-state index contributed by atoms with van der Waals surface area (Å²) >= 11 is 0. The van der Waals surface area contributed by atoms with Gasteiger partial charge < -0.3 is 4.74 Å². The van der Waals surface area contributed by atoms with E-state index in [1.165, 1.54) is 19.3 Å². The summed E-state index contributed by atoms with van der Waals surface area (Å²) in [5, 5.41) is 0. The molecular formula is C9H18N2O. The summed E-state index contributed by atoms with van der Waals surface area (Å²) in [4.78, 5) is 0. The largest absolute Gasteiger partial charge is 0.378 e. The zero-order chi connectivity index (χ0) is 8.55. The monoisotopic (exact) mass is 170 g/mol. The quantitative estimate of drug-likeness (QED) is 0.483. The second-order valence-corrected chi connectivity index (χ2v) is 4.06. The third kappa shape index (κ3) is 1.49. The van der Waals surface area contributed by atoms with Gasteiger partial charge in [-0.25, -0.2) is 0 Å². The Bertz CT molecular complexity index is 159. The number of nitrogens with two attached hydrogens (primary N) is 1. The van der Waals surface area contributed by atoms with Crippen molar-refractivity contribution in [2.45, 2.75) is 38.3 Å². The minimum Gasteiger partial charge on any atom is -0.378 e.